The van der Waals surface area contributed by atoms with Gasteiger partial charge in [0.05, 0.1) is 7.11 Å². The molecule has 2 unspecified atom stereocenters. The van der Waals surface area contributed by atoms with Crippen molar-refractivity contribution in [1.82, 2.24) is 10.2 Å². The maximum Gasteiger partial charge on any atom is 0.161 e. The molecule has 1 aromatic rings. The topological polar surface area (TPSA) is 33.7 Å². The van der Waals surface area contributed by atoms with Crippen LogP contribution in [0.4, 0.5) is 0 Å². The summed E-state index contributed by atoms with van der Waals surface area (Å²) in [6.07, 6.45) is 4.97. The van der Waals surface area contributed by atoms with E-state index in [2.05, 4.69) is 36.3 Å². The molecule has 1 N–H and O–H groups in total. The highest BCUT2D eigenvalue weighted by molar-refractivity contribution is 5.45. The molecule has 2 heterocycles. The number of ether oxygens (including phenoxy) is 2. The van der Waals surface area contributed by atoms with E-state index in [0.717, 1.165) is 31.0 Å². The van der Waals surface area contributed by atoms with Crippen molar-refractivity contribution in [1.29, 1.82) is 0 Å². The second-order valence-electron chi connectivity index (χ2n) is 6.87. The Balaban J connectivity index is 1.81. The molecular weight excluding hydrogens is 276 g/mol. The molecular formula is C18H28N2O2. The lowest BCUT2D eigenvalue weighted by atomic mass is 9.90. The van der Waals surface area contributed by atoms with Crippen LogP contribution in [0.1, 0.15) is 38.2 Å². The Hall–Kier alpha value is -1.26. The zero-order valence-electron chi connectivity index (χ0n) is 14.0. The van der Waals surface area contributed by atoms with Gasteiger partial charge in [0.2, 0.25) is 0 Å². The average Bonchev–Trinajstić information content (AvgIpc) is 2.95. The number of nitrogens with zero attached hydrogens (tertiary/aromatic N) is 1. The van der Waals surface area contributed by atoms with Crippen LogP contribution in [0.2, 0.25) is 0 Å². The van der Waals surface area contributed by atoms with Gasteiger partial charge in [-0.05, 0) is 70.4 Å². The molecule has 0 saturated carbocycles. The number of hydrogen-bond donors (Lipinski definition) is 1. The Morgan fingerprint density at radius 1 is 1.27 bits per heavy atom. The summed E-state index contributed by atoms with van der Waals surface area (Å²) in [6.45, 7) is 5.52. The molecule has 2 aliphatic heterocycles. The quantitative estimate of drug-likeness (QED) is 0.927. The third-order valence-corrected chi connectivity index (χ3v) is 5.04. The molecule has 3 rings (SSSR count). The summed E-state index contributed by atoms with van der Waals surface area (Å²) >= 11 is 0. The van der Waals surface area contributed by atoms with E-state index in [1.165, 1.54) is 31.4 Å². The van der Waals surface area contributed by atoms with Crippen molar-refractivity contribution in [3.05, 3.63) is 23.8 Å². The summed E-state index contributed by atoms with van der Waals surface area (Å²) < 4.78 is 11.8. The lowest BCUT2D eigenvalue weighted by Crippen LogP contribution is -2.38. The molecule has 2 saturated heterocycles. The fraction of sp³-hybridized carbons (Fsp3) is 0.667. The number of piperidine rings is 1. The normalized spacial score (nSPS) is 29.5. The summed E-state index contributed by atoms with van der Waals surface area (Å²) in [5.41, 5.74) is 1.36. The van der Waals surface area contributed by atoms with Gasteiger partial charge < -0.3 is 19.7 Å². The van der Waals surface area contributed by atoms with Crippen molar-refractivity contribution < 1.29 is 9.47 Å². The maximum absolute atomic E-state index is 6.30. The van der Waals surface area contributed by atoms with E-state index in [4.69, 9.17) is 9.47 Å². The predicted molar refractivity (Wildman–Crippen MR) is 88.7 cm³/mol. The predicted octanol–water partition coefficient (Wildman–Crippen LogP) is 2.77. The second kappa shape index (κ2) is 6.47. The third kappa shape index (κ3) is 3.23. The molecule has 2 fully saturated rings. The number of rotatable bonds is 4. The molecule has 0 aliphatic carbocycles. The molecule has 0 aromatic heterocycles. The van der Waals surface area contributed by atoms with Gasteiger partial charge in [0.25, 0.3) is 0 Å². The lowest BCUT2D eigenvalue weighted by molar-refractivity contribution is 0.101. The van der Waals surface area contributed by atoms with Crippen LogP contribution in [0.5, 0.6) is 11.5 Å². The number of benzene rings is 1. The minimum atomic E-state index is 0.0632. The van der Waals surface area contributed by atoms with Crippen molar-refractivity contribution in [2.45, 2.75) is 44.2 Å². The SMILES string of the molecule is COc1ccc(C2(C)CCCN2)cc1OC1CCCN(C)C1. The lowest BCUT2D eigenvalue weighted by Gasteiger charge is -2.31. The van der Waals surface area contributed by atoms with Crippen LogP contribution in [0.25, 0.3) is 0 Å². The van der Waals surface area contributed by atoms with E-state index in [1.54, 1.807) is 7.11 Å². The van der Waals surface area contributed by atoms with Crippen LogP contribution in [0.15, 0.2) is 18.2 Å². The van der Waals surface area contributed by atoms with Gasteiger partial charge >= 0.3 is 0 Å². The first-order valence-corrected chi connectivity index (χ1v) is 8.39. The minimum absolute atomic E-state index is 0.0632. The van der Waals surface area contributed by atoms with Crippen LogP contribution >= 0.6 is 0 Å². The Morgan fingerprint density at radius 2 is 2.14 bits per heavy atom. The Labute approximate surface area is 133 Å². The summed E-state index contributed by atoms with van der Waals surface area (Å²) in [6, 6.07) is 6.38. The Kier molecular flexibility index (Phi) is 4.59. The molecule has 0 bridgehead atoms. The van der Waals surface area contributed by atoms with E-state index in [1.807, 2.05) is 6.07 Å². The van der Waals surface area contributed by atoms with Crippen molar-refractivity contribution >= 4 is 0 Å². The smallest absolute Gasteiger partial charge is 0.161 e. The number of methoxy groups -OCH3 is 1. The Morgan fingerprint density at radius 3 is 2.82 bits per heavy atom. The maximum atomic E-state index is 6.30. The summed E-state index contributed by atoms with van der Waals surface area (Å²) in [7, 11) is 3.87. The van der Waals surface area contributed by atoms with E-state index in [0.29, 0.717) is 0 Å². The first-order valence-electron chi connectivity index (χ1n) is 8.39. The molecule has 2 aliphatic rings. The van der Waals surface area contributed by atoms with Crippen LogP contribution in [-0.2, 0) is 5.54 Å². The van der Waals surface area contributed by atoms with Gasteiger partial charge in [-0.15, -0.1) is 0 Å². The number of likely N-dealkylation sites (N-methyl/N-ethyl adjacent to an activating group) is 1. The van der Waals surface area contributed by atoms with E-state index in [-0.39, 0.29) is 11.6 Å². The molecule has 4 heteroatoms. The molecule has 0 amide bonds. The van der Waals surface area contributed by atoms with Crippen molar-refractivity contribution in [2.75, 3.05) is 33.8 Å². The highest BCUT2D eigenvalue weighted by atomic mass is 16.5. The standard InChI is InChI=1S/C18H28N2O2/c1-18(9-5-10-19-18)14-7-8-16(21-3)17(12-14)22-15-6-4-11-20(2)13-15/h7-8,12,15,19H,4-6,9-11,13H2,1-3H3. The van der Waals surface area contributed by atoms with E-state index >= 15 is 0 Å². The van der Waals surface area contributed by atoms with Gasteiger partial charge in [-0.1, -0.05) is 6.07 Å². The molecule has 4 nitrogen and oxygen atoms in total. The van der Waals surface area contributed by atoms with Gasteiger partial charge in [-0.2, -0.15) is 0 Å². The fourth-order valence-electron chi connectivity index (χ4n) is 3.65. The fourth-order valence-corrected chi connectivity index (χ4v) is 3.65. The highest BCUT2D eigenvalue weighted by Gasteiger charge is 2.31. The summed E-state index contributed by atoms with van der Waals surface area (Å²) in [5.74, 6) is 1.72. The largest absolute Gasteiger partial charge is 0.493 e. The van der Waals surface area contributed by atoms with Gasteiger partial charge in [0, 0.05) is 12.1 Å². The first kappa shape index (κ1) is 15.6. The van der Waals surface area contributed by atoms with Gasteiger partial charge in [0.1, 0.15) is 6.10 Å². The van der Waals surface area contributed by atoms with Gasteiger partial charge in [-0.3, -0.25) is 0 Å². The van der Waals surface area contributed by atoms with Gasteiger partial charge in [0.15, 0.2) is 11.5 Å². The van der Waals surface area contributed by atoms with Gasteiger partial charge in [-0.25, -0.2) is 0 Å². The van der Waals surface area contributed by atoms with Crippen molar-refractivity contribution in [3.8, 4) is 11.5 Å². The molecule has 122 valence electrons. The third-order valence-electron chi connectivity index (χ3n) is 5.04. The molecule has 22 heavy (non-hydrogen) atoms. The summed E-state index contributed by atoms with van der Waals surface area (Å²) in [5, 5.41) is 3.62. The average molecular weight is 304 g/mol. The number of hydrogen-bond acceptors (Lipinski definition) is 4. The molecule has 2 atom stereocenters. The van der Waals surface area contributed by atoms with Crippen LogP contribution in [-0.4, -0.2) is 44.8 Å². The van der Waals surface area contributed by atoms with Crippen LogP contribution < -0.4 is 14.8 Å². The second-order valence-corrected chi connectivity index (χ2v) is 6.87. The Bertz CT molecular complexity index is 512. The van der Waals surface area contributed by atoms with Crippen LogP contribution in [0.3, 0.4) is 0 Å². The molecule has 0 radical (unpaired) electrons. The first-order chi connectivity index (χ1) is 10.6. The zero-order valence-corrected chi connectivity index (χ0v) is 14.0. The van der Waals surface area contributed by atoms with E-state index < -0.39 is 0 Å². The van der Waals surface area contributed by atoms with Crippen LogP contribution in [0, 0.1) is 0 Å². The summed E-state index contributed by atoms with van der Waals surface area (Å²) in [4.78, 5) is 2.34. The van der Waals surface area contributed by atoms with Crippen molar-refractivity contribution in [3.63, 3.8) is 0 Å². The number of likely N-dealkylation sites (tertiary alicyclic amines) is 1. The minimum Gasteiger partial charge on any atom is -0.493 e. The molecule has 0 spiro atoms. The van der Waals surface area contributed by atoms with E-state index in [9.17, 15) is 0 Å². The number of nitrogens with one attached hydrogen (secondary N) is 1. The highest BCUT2D eigenvalue weighted by Crippen LogP contribution is 2.37. The monoisotopic (exact) mass is 304 g/mol. The van der Waals surface area contributed by atoms with Crippen molar-refractivity contribution in [2.24, 2.45) is 0 Å². The molecule has 1 aromatic carbocycles. The zero-order chi connectivity index (χ0) is 15.6.